The first kappa shape index (κ1) is 14.3. The van der Waals surface area contributed by atoms with Gasteiger partial charge in [-0.3, -0.25) is 0 Å². The zero-order chi connectivity index (χ0) is 14.0. The van der Waals surface area contributed by atoms with Gasteiger partial charge in [-0.15, -0.1) is 11.6 Å². The molecule has 19 heavy (non-hydrogen) atoms. The van der Waals surface area contributed by atoms with Crippen molar-refractivity contribution in [3.05, 3.63) is 29.8 Å². The number of fused-ring (bicyclic) bond motifs is 1. The van der Waals surface area contributed by atoms with Gasteiger partial charge in [-0.1, -0.05) is 0 Å². The number of hydrogen-bond donors (Lipinski definition) is 0. The van der Waals surface area contributed by atoms with Crippen LogP contribution in [0.1, 0.15) is 12.2 Å². The Morgan fingerprint density at radius 1 is 1.42 bits per heavy atom. The second-order valence-electron chi connectivity index (χ2n) is 4.43. The van der Waals surface area contributed by atoms with Gasteiger partial charge in [0, 0.05) is 18.9 Å². The van der Waals surface area contributed by atoms with Gasteiger partial charge in [-0.25, -0.2) is 17.8 Å². The number of hydrogen-bond acceptors (Lipinski definition) is 3. The minimum atomic E-state index is -2.98. The standard InChI is InChI=1S/C12H14ClFN2O2S/c1-19(17,18)6-2-5-16-11-4-3-9(14)7-10(11)15-12(16)8-13/h3-4,7H,2,5-6,8H2,1H3. The van der Waals surface area contributed by atoms with Crippen LogP contribution in [0.15, 0.2) is 18.2 Å². The highest BCUT2D eigenvalue weighted by molar-refractivity contribution is 7.90. The van der Waals surface area contributed by atoms with Crippen molar-refractivity contribution in [2.75, 3.05) is 12.0 Å². The molecular weight excluding hydrogens is 291 g/mol. The number of benzene rings is 1. The second kappa shape index (κ2) is 5.46. The number of sulfone groups is 1. The molecule has 7 heteroatoms. The van der Waals surface area contributed by atoms with Crippen LogP contribution in [0, 0.1) is 5.82 Å². The lowest BCUT2D eigenvalue weighted by Gasteiger charge is -2.07. The van der Waals surface area contributed by atoms with Crippen molar-refractivity contribution in [1.82, 2.24) is 9.55 Å². The number of aryl methyl sites for hydroxylation is 1. The fraction of sp³-hybridized carbons (Fsp3) is 0.417. The molecule has 1 aromatic carbocycles. The quantitative estimate of drug-likeness (QED) is 0.797. The Morgan fingerprint density at radius 2 is 2.16 bits per heavy atom. The Labute approximate surface area is 116 Å². The molecule has 104 valence electrons. The summed E-state index contributed by atoms with van der Waals surface area (Å²) in [4.78, 5) is 4.25. The van der Waals surface area contributed by atoms with E-state index in [-0.39, 0.29) is 17.5 Å². The van der Waals surface area contributed by atoms with Crippen molar-refractivity contribution >= 4 is 32.5 Å². The van der Waals surface area contributed by atoms with Crippen LogP contribution < -0.4 is 0 Å². The van der Waals surface area contributed by atoms with E-state index < -0.39 is 9.84 Å². The lowest BCUT2D eigenvalue weighted by Crippen LogP contribution is -2.09. The number of rotatable bonds is 5. The van der Waals surface area contributed by atoms with Crippen LogP contribution in [0.5, 0.6) is 0 Å². The average molecular weight is 305 g/mol. The summed E-state index contributed by atoms with van der Waals surface area (Å²) >= 11 is 5.82. The summed E-state index contributed by atoms with van der Waals surface area (Å²) in [5, 5.41) is 0. The summed E-state index contributed by atoms with van der Waals surface area (Å²) in [5.41, 5.74) is 1.31. The molecule has 0 fully saturated rings. The summed E-state index contributed by atoms with van der Waals surface area (Å²) in [6, 6.07) is 4.34. The molecule has 2 rings (SSSR count). The first-order valence-electron chi connectivity index (χ1n) is 5.79. The SMILES string of the molecule is CS(=O)(=O)CCCn1c(CCl)nc2cc(F)ccc21. The Kier molecular flexibility index (Phi) is 4.10. The molecule has 0 aliphatic carbocycles. The minimum Gasteiger partial charge on any atom is -0.327 e. The number of alkyl halides is 1. The predicted octanol–water partition coefficient (Wildman–Crippen LogP) is 2.35. The zero-order valence-electron chi connectivity index (χ0n) is 10.4. The monoisotopic (exact) mass is 304 g/mol. The summed E-state index contributed by atoms with van der Waals surface area (Å²) in [6.07, 6.45) is 1.68. The normalized spacial score (nSPS) is 12.2. The minimum absolute atomic E-state index is 0.107. The molecule has 0 saturated carbocycles. The third kappa shape index (κ3) is 3.45. The third-order valence-electron chi connectivity index (χ3n) is 2.81. The van der Waals surface area contributed by atoms with Crippen LogP contribution in [0.2, 0.25) is 0 Å². The van der Waals surface area contributed by atoms with Gasteiger partial charge in [0.15, 0.2) is 0 Å². The van der Waals surface area contributed by atoms with Crippen LogP contribution in [-0.4, -0.2) is 30.0 Å². The van der Waals surface area contributed by atoms with Gasteiger partial charge in [0.25, 0.3) is 0 Å². The zero-order valence-corrected chi connectivity index (χ0v) is 12.0. The summed E-state index contributed by atoms with van der Waals surface area (Å²) in [5.74, 6) is 0.579. The smallest absolute Gasteiger partial charge is 0.147 e. The largest absolute Gasteiger partial charge is 0.327 e. The molecule has 0 unspecified atom stereocenters. The van der Waals surface area contributed by atoms with E-state index in [1.165, 1.54) is 18.4 Å². The van der Waals surface area contributed by atoms with Gasteiger partial charge in [0.1, 0.15) is 21.5 Å². The van der Waals surface area contributed by atoms with E-state index in [1.807, 2.05) is 4.57 Å². The fourth-order valence-corrected chi connectivity index (χ4v) is 2.85. The molecule has 0 saturated heterocycles. The van der Waals surface area contributed by atoms with Crippen LogP contribution >= 0.6 is 11.6 Å². The second-order valence-corrected chi connectivity index (χ2v) is 6.96. The number of imidazole rings is 1. The maximum Gasteiger partial charge on any atom is 0.147 e. The van der Waals surface area contributed by atoms with Gasteiger partial charge < -0.3 is 4.57 Å². The molecule has 0 aliphatic heterocycles. The molecule has 0 bridgehead atoms. The van der Waals surface area contributed by atoms with Crippen molar-refractivity contribution in [2.45, 2.75) is 18.8 Å². The molecule has 4 nitrogen and oxygen atoms in total. The molecule has 0 atom stereocenters. The van der Waals surface area contributed by atoms with Crippen LogP contribution in [-0.2, 0) is 22.3 Å². The van der Waals surface area contributed by atoms with E-state index in [0.717, 1.165) is 5.52 Å². The molecule has 0 aliphatic rings. The molecule has 0 spiro atoms. The molecule has 2 aromatic rings. The van der Waals surface area contributed by atoms with E-state index in [4.69, 9.17) is 11.6 Å². The highest BCUT2D eigenvalue weighted by Gasteiger charge is 2.11. The molecule has 0 N–H and O–H groups in total. The maximum absolute atomic E-state index is 13.1. The van der Waals surface area contributed by atoms with E-state index in [2.05, 4.69) is 4.98 Å². The molecular formula is C12H14ClFN2O2S. The highest BCUT2D eigenvalue weighted by atomic mass is 35.5. The Balaban J connectivity index is 2.30. The topological polar surface area (TPSA) is 52.0 Å². The summed E-state index contributed by atoms with van der Waals surface area (Å²) in [6.45, 7) is 0.497. The van der Waals surface area contributed by atoms with Gasteiger partial charge in [-0.05, 0) is 18.6 Å². The Bertz CT molecular complexity index is 697. The van der Waals surface area contributed by atoms with Crippen LogP contribution in [0.25, 0.3) is 11.0 Å². The predicted molar refractivity (Wildman–Crippen MR) is 73.6 cm³/mol. The third-order valence-corrected chi connectivity index (χ3v) is 4.08. The highest BCUT2D eigenvalue weighted by Crippen LogP contribution is 2.19. The van der Waals surface area contributed by atoms with Gasteiger partial charge in [-0.2, -0.15) is 0 Å². The average Bonchev–Trinajstić information content (AvgIpc) is 2.65. The molecule has 0 amide bonds. The maximum atomic E-state index is 13.1. The van der Waals surface area contributed by atoms with E-state index in [9.17, 15) is 12.8 Å². The van der Waals surface area contributed by atoms with Crippen LogP contribution in [0.4, 0.5) is 4.39 Å². The van der Waals surface area contributed by atoms with E-state index in [1.54, 1.807) is 6.07 Å². The summed E-state index contributed by atoms with van der Waals surface area (Å²) in [7, 11) is -2.98. The van der Waals surface area contributed by atoms with Crippen molar-refractivity contribution in [3.63, 3.8) is 0 Å². The van der Waals surface area contributed by atoms with Crippen molar-refractivity contribution in [2.24, 2.45) is 0 Å². The Hall–Kier alpha value is -1.14. The number of halogens is 2. The Morgan fingerprint density at radius 3 is 2.79 bits per heavy atom. The van der Waals surface area contributed by atoms with Gasteiger partial charge >= 0.3 is 0 Å². The lowest BCUT2D eigenvalue weighted by molar-refractivity contribution is 0.591. The van der Waals surface area contributed by atoms with E-state index in [0.29, 0.717) is 24.3 Å². The van der Waals surface area contributed by atoms with E-state index >= 15 is 0 Å². The number of aromatic nitrogens is 2. The molecule has 1 aromatic heterocycles. The first-order chi connectivity index (χ1) is 8.90. The molecule has 1 heterocycles. The van der Waals surface area contributed by atoms with Crippen molar-refractivity contribution < 1.29 is 12.8 Å². The fourth-order valence-electron chi connectivity index (χ4n) is 1.99. The first-order valence-corrected chi connectivity index (χ1v) is 8.38. The summed E-state index contributed by atoms with van der Waals surface area (Å²) < 4.78 is 37.2. The lowest BCUT2D eigenvalue weighted by atomic mass is 10.3. The van der Waals surface area contributed by atoms with Crippen molar-refractivity contribution in [1.29, 1.82) is 0 Å². The van der Waals surface area contributed by atoms with Gasteiger partial charge in [0.2, 0.25) is 0 Å². The number of nitrogens with zero attached hydrogens (tertiary/aromatic N) is 2. The van der Waals surface area contributed by atoms with Crippen LogP contribution in [0.3, 0.4) is 0 Å². The van der Waals surface area contributed by atoms with Crippen molar-refractivity contribution in [3.8, 4) is 0 Å². The van der Waals surface area contributed by atoms with Gasteiger partial charge in [0.05, 0.1) is 22.7 Å². The molecule has 0 radical (unpaired) electrons.